The van der Waals surface area contributed by atoms with Gasteiger partial charge in [-0.25, -0.2) is 5.84 Å². The number of hydrogen-bond donors (Lipinski definition) is 1. The second kappa shape index (κ2) is 4.88. The van der Waals surface area contributed by atoms with Crippen LogP contribution in [0.15, 0.2) is 72.8 Å². The standard InChI is InChI=1S/C18H14N2S/c19-20(13-6-2-1-3-7-13)14-10-11-16-15-8-4-5-9-17(15)21-18(16)12-14/h1-12H,19H2. The molecular weight excluding hydrogens is 276 g/mol. The summed E-state index contributed by atoms with van der Waals surface area (Å²) in [5.74, 6) is 6.24. The number of nitrogens with two attached hydrogens (primary N) is 1. The minimum absolute atomic E-state index is 0.984. The molecule has 0 spiro atoms. The van der Waals surface area contributed by atoms with Crippen molar-refractivity contribution in [2.75, 3.05) is 5.01 Å². The SMILES string of the molecule is NN(c1ccccc1)c1ccc2c(c1)sc1ccccc12. The van der Waals surface area contributed by atoms with Gasteiger partial charge in [0.1, 0.15) is 0 Å². The van der Waals surface area contributed by atoms with Crippen LogP contribution in [0.4, 0.5) is 11.4 Å². The second-order valence-electron chi connectivity index (χ2n) is 4.98. The van der Waals surface area contributed by atoms with E-state index in [1.165, 1.54) is 20.2 Å². The number of fused-ring (bicyclic) bond motifs is 3. The highest BCUT2D eigenvalue weighted by Crippen LogP contribution is 2.36. The number of nitrogens with zero attached hydrogens (tertiary/aromatic N) is 1. The molecule has 0 aliphatic rings. The van der Waals surface area contributed by atoms with E-state index >= 15 is 0 Å². The van der Waals surface area contributed by atoms with E-state index in [0.29, 0.717) is 0 Å². The number of para-hydroxylation sites is 1. The van der Waals surface area contributed by atoms with Gasteiger partial charge in [0.2, 0.25) is 0 Å². The summed E-state index contributed by atoms with van der Waals surface area (Å²) in [6.07, 6.45) is 0. The fraction of sp³-hybridized carbons (Fsp3) is 0. The van der Waals surface area contributed by atoms with E-state index in [0.717, 1.165) is 11.4 Å². The third kappa shape index (κ3) is 2.07. The first kappa shape index (κ1) is 12.4. The zero-order valence-corrected chi connectivity index (χ0v) is 12.2. The first-order valence-corrected chi connectivity index (χ1v) is 7.66. The first-order valence-electron chi connectivity index (χ1n) is 6.84. The molecule has 0 aliphatic heterocycles. The van der Waals surface area contributed by atoms with E-state index in [1.54, 1.807) is 16.3 Å². The van der Waals surface area contributed by atoms with Crippen molar-refractivity contribution in [3.05, 3.63) is 72.8 Å². The van der Waals surface area contributed by atoms with Gasteiger partial charge < -0.3 is 0 Å². The molecule has 0 radical (unpaired) electrons. The molecular formula is C18H14N2S. The Balaban J connectivity index is 1.85. The maximum atomic E-state index is 6.24. The molecule has 0 saturated heterocycles. The Kier molecular flexibility index (Phi) is 2.88. The topological polar surface area (TPSA) is 29.3 Å². The Morgan fingerprint density at radius 1 is 0.667 bits per heavy atom. The fourth-order valence-corrected chi connectivity index (χ4v) is 3.74. The molecule has 21 heavy (non-hydrogen) atoms. The van der Waals surface area contributed by atoms with Crippen molar-refractivity contribution in [1.82, 2.24) is 0 Å². The Hall–Kier alpha value is -2.36. The summed E-state index contributed by atoms with van der Waals surface area (Å²) in [5.41, 5.74) is 1.98. The largest absolute Gasteiger partial charge is 0.280 e. The third-order valence-corrected chi connectivity index (χ3v) is 4.81. The van der Waals surface area contributed by atoms with Crippen molar-refractivity contribution in [2.24, 2.45) is 5.84 Å². The zero-order valence-electron chi connectivity index (χ0n) is 11.4. The lowest BCUT2D eigenvalue weighted by Gasteiger charge is -2.18. The lowest BCUT2D eigenvalue weighted by Crippen LogP contribution is -2.24. The molecule has 0 unspecified atom stereocenters. The van der Waals surface area contributed by atoms with E-state index in [4.69, 9.17) is 5.84 Å². The maximum Gasteiger partial charge on any atom is 0.0589 e. The lowest BCUT2D eigenvalue weighted by atomic mass is 10.1. The van der Waals surface area contributed by atoms with Crippen LogP contribution in [0.5, 0.6) is 0 Å². The summed E-state index contributed by atoms with van der Waals surface area (Å²) in [6.45, 7) is 0. The predicted octanol–water partition coefficient (Wildman–Crippen LogP) is 5.07. The minimum atomic E-state index is 0.984. The molecule has 1 heterocycles. The van der Waals surface area contributed by atoms with E-state index in [1.807, 2.05) is 30.3 Å². The van der Waals surface area contributed by atoms with Crippen LogP contribution >= 0.6 is 11.3 Å². The molecule has 0 amide bonds. The molecule has 0 saturated carbocycles. The van der Waals surface area contributed by atoms with Gasteiger partial charge >= 0.3 is 0 Å². The van der Waals surface area contributed by atoms with Crippen LogP contribution in [0.3, 0.4) is 0 Å². The van der Waals surface area contributed by atoms with Gasteiger partial charge in [0.05, 0.1) is 11.4 Å². The van der Waals surface area contributed by atoms with Crippen LogP contribution in [0.2, 0.25) is 0 Å². The van der Waals surface area contributed by atoms with Crippen molar-refractivity contribution in [1.29, 1.82) is 0 Å². The van der Waals surface area contributed by atoms with Crippen molar-refractivity contribution >= 4 is 42.9 Å². The molecule has 102 valence electrons. The van der Waals surface area contributed by atoms with Gasteiger partial charge in [-0.1, -0.05) is 42.5 Å². The average Bonchev–Trinajstić information content (AvgIpc) is 2.92. The maximum absolute atomic E-state index is 6.24. The van der Waals surface area contributed by atoms with Gasteiger partial charge in [0.25, 0.3) is 0 Å². The van der Waals surface area contributed by atoms with Crippen LogP contribution in [0.25, 0.3) is 20.2 Å². The highest BCUT2D eigenvalue weighted by molar-refractivity contribution is 7.25. The molecule has 4 rings (SSSR count). The van der Waals surface area contributed by atoms with Crippen molar-refractivity contribution in [3.63, 3.8) is 0 Å². The van der Waals surface area contributed by atoms with Crippen molar-refractivity contribution in [2.45, 2.75) is 0 Å². The Morgan fingerprint density at radius 2 is 1.38 bits per heavy atom. The second-order valence-corrected chi connectivity index (χ2v) is 6.07. The van der Waals surface area contributed by atoms with Gasteiger partial charge in [-0.2, -0.15) is 0 Å². The van der Waals surface area contributed by atoms with E-state index < -0.39 is 0 Å². The summed E-state index contributed by atoms with van der Waals surface area (Å²) in [6, 6.07) is 24.9. The van der Waals surface area contributed by atoms with Crippen LogP contribution in [0, 0.1) is 0 Å². The number of hydrogen-bond acceptors (Lipinski definition) is 3. The number of hydrazine groups is 1. The van der Waals surface area contributed by atoms with Gasteiger partial charge in [-0.3, -0.25) is 5.01 Å². The van der Waals surface area contributed by atoms with Crippen LogP contribution < -0.4 is 10.9 Å². The Labute approximate surface area is 127 Å². The lowest BCUT2D eigenvalue weighted by molar-refractivity contribution is 1.09. The molecule has 3 heteroatoms. The number of anilines is 2. The monoisotopic (exact) mass is 290 g/mol. The Morgan fingerprint density at radius 3 is 2.24 bits per heavy atom. The predicted molar refractivity (Wildman–Crippen MR) is 92.1 cm³/mol. The molecule has 0 atom stereocenters. The highest BCUT2D eigenvalue weighted by atomic mass is 32.1. The molecule has 2 nitrogen and oxygen atoms in total. The summed E-state index contributed by atoms with van der Waals surface area (Å²) in [5, 5.41) is 4.33. The van der Waals surface area contributed by atoms with Crippen molar-refractivity contribution in [3.8, 4) is 0 Å². The summed E-state index contributed by atoms with van der Waals surface area (Å²) in [7, 11) is 0. The summed E-state index contributed by atoms with van der Waals surface area (Å²) in [4.78, 5) is 0. The normalized spacial score (nSPS) is 11.1. The molecule has 0 fully saturated rings. The third-order valence-electron chi connectivity index (χ3n) is 3.67. The molecule has 3 aromatic carbocycles. The quantitative estimate of drug-likeness (QED) is 0.412. The number of benzene rings is 3. The smallest absolute Gasteiger partial charge is 0.0589 e. The average molecular weight is 290 g/mol. The molecule has 2 N–H and O–H groups in total. The van der Waals surface area contributed by atoms with Crippen LogP contribution in [0.1, 0.15) is 0 Å². The first-order chi connectivity index (χ1) is 10.3. The Bertz CT molecular complexity index is 912. The molecule has 0 bridgehead atoms. The van der Waals surface area contributed by atoms with Crippen LogP contribution in [-0.4, -0.2) is 0 Å². The van der Waals surface area contributed by atoms with Crippen molar-refractivity contribution < 1.29 is 0 Å². The molecule has 4 aromatic rings. The van der Waals surface area contributed by atoms with Gasteiger partial charge in [0, 0.05) is 20.2 Å². The van der Waals surface area contributed by atoms with E-state index in [2.05, 4.69) is 42.5 Å². The fourth-order valence-electron chi connectivity index (χ4n) is 2.60. The number of rotatable bonds is 2. The summed E-state index contributed by atoms with van der Waals surface area (Å²) < 4.78 is 2.58. The molecule has 0 aliphatic carbocycles. The van der Waals surface area contributed by atoms with Gasteiger partial charge in [0.15, 0.2) is 0 Å². The minimum Gasteiger partial charge on any atom is -0.280 e. The van der Waals surface area contributed by atoms with E-state index in [9.17, 15) is 0 Å². The van der Waals surface area contributed by atoms with Crippen LogP contribution in [-0.2, 0) is 0 Å². The summed E-state index contributed by atoms with van der Waals surface area (Å²) >= 11 is 1.81. The zero-order chi connectivity index (χ0) is 14.2. The number of thiophene rings is 1. The van der Waals surface area contributed by atoms with Gasteiger partial charge in [-0.15, -0.1) is 11.3 Å². The molecule has 1 aromatic heterocycles. The van der Waals surface area contributed by atoms with Gasteiger partial charge in [-0.05, 0) is 30.3 Å². The highest BCUT2D eigenvalue weighted by Gasteiger charge is 2.08. The van der Waals surface area contributed by atoms with E-state index in [-0.39, 0.29) is 0 Å².